The molecule has 2 aromatic carbocycles. The Balaban J connectivity index is 1.22. The van der Waals surface area contributed by atoms with Crippen LogP contribution < -0.4 is 14.8 Å². The Kier molecular flexibility index (Phi) is 7.95. The molecule has 0 saturated carbocycles. The van der Waals surface area contributed by atoms with E-state index < -0.39 is 0 Å². The third-order valence-electron chi connectivity index (χ3n) is 6.14. The van der Waals surface area contributed by atoms with Gasteiger partial charge in [0, 0.05) is 30.4 Å². The van der Waals surface area contributed by atoms with Gasteiger partial charge < -0.3 is 24.3 Å². The van der Waals surface area contributed by atoms with Crippen LogP contribution in [0.15, 0.2) is 66.2 Å². The first-order chi connectivity index (χ1) is 18.5. The van der Waals surface area contributed by atoms with E-state index in [4.69, 9.17) is 21.1 Å². The molecule has 3 heterocycles. The first-order valence-electron chi connectivity index (χ1n) is 12.3. The average molecular weight is 551 g/mol. The molecule has 0 spiro atoms. The van der Waals surface area contributed by atoms with Gasteiger partial charge in [-0.15, -0.1) is 11.3 Å². The van der Waals surface area contributed by atoms with Crippen LogP contribution >= 0.6 is 22.9 Å². The summed E-state index contributed by atoms with van der Waals surface area (Å²) < 4.78 is 12.8. The minimum absolute atomic E-state index is 0.0964. The quantitative estimate of drug-likeness (QED) is 0.287. The van der Waals surface area contributed by atoms with Crippen molar-refractivity contribution in [3.63, 3.8) is 0 Å². The van der Waals surface area contributed by atoms with Crippen molar-refractivity contribution in [2.75, 3.05) is 13.3 Å². The van der Waals surface area contributed by atoms with Crippen LogP contribution in [0.25, 0.3) is 0 Å². The molecule has 196 valence electrons. The van der Waals surface area contributed by atoms with Gasteiger partial charge in [0.25, 0.3) is 11.8 Å². The van der Waals surface area contributed by atoms with Crippen molar-refractivity contribution in [3.05, 3.63) is 98.7 Å². The molecule has 1 N–H and O–H groups in total. The maximum Gasteiger partial charge on any atom is 0.271 e. The molecule has 8 nitrogen and oxygen atoms in total. The van der Waals surface area contributed by atoms with Crippen molar-refractivity contribution in [1.82, 2.24) is 19.8 Å². The van der Waals surface area contributed by atoms with Crippen LogP contribution in [0.2, 0.25) is 5.02 Å². The monoisotopic (exact) mass is 550 g/mol. The Labute approximate surface area is 229 Å². The van der Waals surface area contributed by atoms with E-state index in [1.165, 1.54) is 11.3 Å². The summed E-state index contributed by atoms with van der Waals surface area (Å²) in [7, 11) is 0. The van der Waals surface area contributed by atoms with Gasteiger partial charge in [-0.3, -0.25) is 9.59 Å². The van der Waals surface area contributed by atoms with Gasteiger partial charge in [0.05, 0.1) is 23.7 Å². The van der Waals surface area contributed by atoms with Crippen LogP contribution in [0, 0.1) is 0 Å². The molecule has 0 atom stereocenters. The number of carbonyl (C=O) groups is 2. The number of halogens is 1. The van der Waals surface area contributed by atoms with Crippen molar-refractivity contribution >= 4 is 34.8 Å². The number of nitrogens with zero attached hydrogens (tertiary/aromatic N) is 3. The molecule has 0 radical (unpaired) electrons. The number of hydrogen-bond donors (Lipinski definition) is 1. The van der Waals surface area contributed by atoms with Gasteiger partial charge in [-0.05, 0) is 48.4 Å². The number of thiazole rings is 1. The highest BCUT2D eigenvalue weighted by Gasteiger charge is 2.20. The predicted molar refractivity (Wildman–Crippen MR) is 146 cm³/mol. The number of nitrogens with one attached hydrogen (secondary N) is 1. The Morgan fingerprint density at radius 1 is 1.13 bits per heavy atom. The molecule has 2 aromatic heterocycles. The van der Waals surface area contributed by atoms with Crippen LogP contribution in [0.3, 0.4) is 0 Å². The van der Waals surface area contributed by atoms with Gasteiger partial charge in [0.15, 0.2) is 11.5 Å². The molecule has 10 heteroatoms. The SMILES string of the molecule is CCCN(Cc1cccn1Cc1nc(C(=O)NCc2ccc3c(c2)OCO3)cs1)C(=O)c1ccccc1Cl. The van der Waals surface area contributed by atoms with Gasteiger partial charge in [-0.25, -0.2) is 4.98 Å². The van der Waals surface area contributed by atoms with E-state index in [9.17, 15) is 9.59 Å². The van der Waals surface area contributed by atoms with Crippen LogP contribution in [-0.2, 0) is 19.6 Å². The lowest BCUT2D eigenvalue weighted by molar-refractivity contribution is 0.0739. The number of fused-ring (bicyclic) bond motifs is 1. The largest absolute Gasteiger partial charge is 0.454 e. The van der Waals surface area contributed by atoms with E-state index in [0.29, 0.717) is 54.0 Å². The number of benzene rings is 2. The summed E-state index contributed by atoms with van der Waals surface area (Å²) in [5.74, 6) is 1.05. The zero-order valence-electron chi connectivity index (χ0n) is 20.9. The second-order valence-corrected chi connectivity index (χ2v) is 10.2. The van der Waals surface area contributed by atoms with Gasteiger partial charge >= 0.3 is 0 Å². The summed E-state index contributed by atoms with van der Waals surface area (Å²) in [4.78, 5) is 32.3. The highest BCUT2D eigenvalue weighted by atomic mass is 35.5. The van der Waals surface area contributed by atoms with Crippen LogP contribution in [-0.4, -0.2) is 39.6 Å². The van der Waals surface area contributed by atoms with Gasteiger partial charge in [-0.1, -0.05) is 36.7 Å². The van der Waals surface area contributed by atoms with Crippen molar-refractivity contribution in [2.45, 2.75) is 33.0 Å². The molecule has 2 amide bonds. The molecular formula is C28H27ClN4O4S. The Morgan fingerprint density at radius 3 is 2.82 bits per heavy atom. The van der Waals surface area contributed by atoms with E-state index >= 15 is 0 Å². The topological polar surface area (TPSA) is 85.7 Å². The highest BCUT2D eigenvalue weighted by molar-refractivity contribution is 7.09. The van der Waals surface area contributed by atoms with Crippen molar-refractivity contribution < 1.29 is 19.1 Å². The van der Waals surface area contributed by atoms with Gasteiger partial charge in [0.2, 0.25) is 6.79 Å². The van der Waals surface area contributed by atoms with Crippen molar-refractivity contribution in [2.24, 2.45) is 0 Å². The van der Waals surface area contributed by atoms with Crippen molar-refractivity contribution in [1.29, 1.82) is 0 Å². The van der Waals surface area contributed by atoms with E-state index in [1.807, 2.05) is 60.5 Å². The number of rotatable bonds is 10. The number of ether oxygens (including phenoxy) is 2. The molecule has 1 aliphatic heterocycles. The van der Waals surface area contributed by atoms with Crippen LogP contribution in [0.5, 0.6) is 11.5 Å². The van der Waals surface area contributed by atoms with Gasteiger partial charge in [0.1, 0.15) is 10.7 Å². The third kappa shape index (κ3) is 5.84. The molecule has 38 heavy (non-hydrogen) atoms. The smallest absolute Gasteiger partial charge is 0.271 e. The van der Waals surface area contributed by atoms with E-state index in [2.05, 4.69) is 14.9 Å². The molecule has 0 saturated heterocycles. The van der Waals surface area contributed by atoms with E-state index in [0.717, 1.165) is 22.7 Å². The Bertz CT molecular complexity index is 1450. The summed E-state index contributed by atoms with van der Waals surface area (Å²) in [6.07, 6.45) is 2.79. The lowest BCUT2D eigenvalue weighted by Gasteiger charge is -2.23. The second kappa shape index (κ2) is 11.7. The summed E-state index contributed by atoms with van der Waals surface area (Å²) in [6, 6.07) is 16.6. The molecule has 0 bridgehead atoms. The zero-order valence-corrected chi connectivity index (χ0v) is 22.4. The lowest BCUT2D eigenvalue weighted by atomic mass is 10.2. The third-order valence-corrected chi connectivity index (χ3v) is 7.30. The van der Waals surface area contributed by atoms with Crippen LogP contribution in [0.1, 0.15) is 50.5 Å². The Hall–Kier alpha value is -3.82. The number of amides is 2. The van der Waals surface area contributed by atoms with Crippen LogP contribution in [0.4, 0.5) is 0 Å². The van der Waals surface area contributed by atoms with Crippen molar-refractivity contribution in [3.8, 4) is 11.5 Å². The minimum atomic E-state index is -0.239. The maximum absolute atomic E-state index is 13.2. The molecule has 0 fully saturated rings. The molecule has 4 aromatic rings. The van der Waals surface area contributed by atoms with E-state index in [1.54, 1.807) is 17.5 Å². The first kappa shape index (κ1) is 25.8. The van der Waals surface area contributed by atoms with Gasteiger partial charge in [-0.2, -0.15) is 0 Å². The number of aromatic nitrogens is 2. The maximum atomic E-state index is 13.2. The average Bonchev–Trinajstić information content (AvgIpc) is 3.68. The molecule has 1 aliphatic rings. The predicted octanol–water partition coefficient (Wildman–Crippen LogP) is 5.36. The Morgan fingerprint density at radius 2 is 1.97 bits per heavy atom. The summed E-state index contributed by atoms with van der Waals surface area (Å²) in [6.45, 7) is 4.17. The fourth-order valence-corrected chi connectivity index (χ4v) is 5.22. The zero-order chi connectivity index (χ0) is 26.5. The lowest BCUT2D eigenvalue weighted by Crippen LogP contribution is -2.32. The normalized spacial score (nSPS) is 11.9. The highest BCUT2D eigenvalue weighted by Crippen LogP contribution is 2.32. The fraction of sp³-hybridized carbons (Fsp3) is 0.250. The minimum Gasteiger partial charge on any atom is -0.454 e. The number of carbonyl (C=O) groups excluding carboxylic acids is 2. The summed E-state index contributed by atoms with van der Waals surface area (Å²) in [5, 5.41) is 5.92. The number of hydrogen-bond acceptors (Lipinski definition) is 6. The second-order valence-electron chi connectivity index (χ2n) is 8.83. The van der Waals surface area contributed by atoms with E-state index in [-0.39, 0.29) is 18.6 Å². The molecular weight excluding hydrogens is 524 g/mol. The molecule has 0 unspecified atom stereocenters. The standard InChI is InChI=1S/C28H27ClN4O4S/c1-2-11-33(28(35)21-7-3-4-8-22(21)29)15-20-6-5-12-32(20)16-26-31-23(17-38-26)27(34)30-14-19-9-10-24-25(13-19)37-18-36-24/h3-10,12-13,17H,2,11,14-16,18H2,1H3,(H,30,34). The fourth-order valence-electron chi connectivity index (χ4n) is 4.23. The molecule has 0 aliphatic carbocycles. The first-order valence-corrected chi connectivity index (χ1v) is 13.6. The summed E-state index contributed by atoms with van der Waals surface area (Å²) in [5.41, 5.74) is 2.76. The molecule has 5 rings (SSSR count). The summed E-state index contributed by atoms with van der Waals surface area (Å²) >= 11 is 7.72.